The molecule has 0 radical (unpaired) electrons. The fourth-order valence-corrected chi connectivity index (χ4v) is 2.57. The highest BCUT2D eigenvalue weighted by atomic mass is 16.5. The SMILES string of the molecule is C=C(c1ccc(CC)cc1)c1ccc(Oc2ccc(C)cc2)cc1. The third-order valence-electron chi connectivity index (χ3n) is 4.17. The molecule has 3 aromatic carbocycles. The van der Waals surface area contributed by atoms with E-state index in [1.165, 1.54) is 11.1 Å². The molecule has 0 aliphatic rings. The van der Waals surface area contributed by atoms with E-state index in [1.54, 1.807) is 0 Å². The van der Waals surface area contributed by atoms with E-state index in [1.807, 2.05) is 36.4 Å². The summed E-state index contributed by atoms with van der Waals surface area (Å²) in [6.45, 7) is 8.46. The van der Waals surface area contributed by atoms with Crippen LogP contribution in [0.2, 0.25) is 0 Å². The predicted molar refractivity (Wildman–Crippen MR) is 102 cm³/mol. The number of aryl methyl sites for hydroxylation is 2. The zero-order valence-corrected chi connectivity index (χ0v) is 14.3. The Morgan fingerprint density at radius 2 is 1.21 bits per heavy atom. The van der Waals surface area contributed by atoms with Crippen LogP contribution in [0.1, 0.15) is 29.2 Å². The molecule has 24 heavy (non-hydrogen) atoms. The number of ether oxygens (including phenoxy) is 1. The average Bonchev–Trinajstić information content (AvgIpc) is 2.64. The van der Waals surface area contributed by atoms with Gasteiger partial charge in [-0.25, -0.2) is 0 Å². The van der Waals surface area contributed by atoms with Crippen molar-refractivity contribution in [3.05, 3.63) is 102 Å². The van der Waals surface area contributed by atoms with Gasteiger partial charge in [0.15, 0.2) is 0 Å². The van der Waals surface area contributed by atoms with Gasteiger partial charge in [-0.05, 0) is 59.9 Å². The highest BCUT2D eigenvalue weighted by Gasteiger charge is 2.04. The molecule has 0 aromatic heterocycles. The second kappa shape index (κ2) is 7.18. The molecule has 0 saturated carbocycles. The summed E-state index contributed by atoms with van der Waals surface area (Å²) < 4.78 is 5.87. The Balaban J connectivity index is 1.73. The number of hydrogen-bond donors (Lipinski definition) is 0. The second-order valence-electron chi connectivity index (χ2n) is 5.97. The van der Waals surface area contributed by atoms with E-state index in [-0.39, 0.29) is 0 Å². The third-order valence-corrected chi connectivity index (χ3v) is 4.17. The molecule has 0 amide bonds. The quantitative estimate of drug-likeness (QED) is 0.528. The summed E-state index contributed by atoms with van der Waals surface area (Å²) in [7, 11) is 0. The molecule has 0 unspecified atom stereocenters. The van der Waals surface area contributed by atoms with Crippen LogP contribution in [0.25, 0.3) is 5.57 Å². The Hall–Kier alpha value is -2.80. The van der Waals surface area contributed by atoms with E-state index in [0.717, 1.165) is 34.6 Å². The minimum atomic E-state index is 0.830. The molecule has 3 aromatic rings. The fourth-order valence-electron chi connectivity index (χ4n) is 2.57. The van der Waals surface area contributed by atoms with Crippen LogP contribution >= 0.6 is 0 Å². The van der Waals surface area contributed by atoms with Crippen molar-refractivity contribution in [2.45, 2.75) is 20.3 Å². The predicted octanol–water partition coefficient (Wildman–Crippen LogP) is 6.41. The van der Waals surface area contributed by atoms with E-state index in [0.29, 0.717) is 0 Å². The molecule has 0 bridgehead atoms. The Kier molecular flexibility index (Phi) is 4.81. The maximum atomic E-state index is 5.87. The van der Waals surface area contributed by atoms with E-state index >= 15 is 0 Å². The lowest BCUT2D eigenvalue weighted by molar-refractivity contribution is 0.482. The third kappa shape index (κ3) is 3.75. The van der Waals surface area contributed by atoms with Gasteiger partial charge in [-0.2, -0.15) is 0 Å². The van der Waals surface area contributed by atoms with Crippen LogP contribution in [0.5, 0.6) is 11.5 Å². The van der Waals surface area contributed by atoms with Crippen molar-refractivity contribution in [1.82, 2.24) is 0 Å². The van der Waals surface area contributed by atoms with E-state index < -0.39 is 0 Å². The molecular weight excluding hydrogens is 292 g/mol. The normalized spacial score (nSPS) is 10.4. The second-order valence-corrected chi connectivity index (χ2v) is 5.97. The van der Waals surface area contributed by atoms with Crippen LogP contribution < -0.4 is 4.74 Å². The van der Waals surface area contributed by atoms with Crippen LogP contribution in [-0.4, -0.2) is 0 Å². The van der Waals surface area contributed by atoms with Crippen LogP contribution in [0.4, 0.5) is 0 Å². The van der Waals surface area contributed by atoms with Gasteiger partial charge in [0.2, 0.25) is 0 Å². The Morgan fingerprint density at radius 3 is 1.71 bits per heavy atom. The molecular formula is C23H22O. The van der Waals surface area contributed by atoms with Gasteiger partial charge in [0.05, 0.1) is 0 Å². The van der Waals surface area contributed by atoms with Crippen molar-refractivity contribution in [1.29, 1.82) is 0 Å². The maximum absolute atomic E-state index is 5.87. The molecule has 1 nitrogen and oxygen atoms in total. The number of rotatable bonds is 5. The first-order valence-corrected chi connectivity index (χ1v) is 8.29. The minimum absolute atomic E-state index is 0.830. The van der Waals surface area contributed by atoms with Crippen LogP contribution in [0.15, 0.2) is 79.4 Å². The number of benzene rings is 3. The fraction of sp³-hybridized carbons (Fsp3) is 0.130. The van der Waals surface area contributed by atoms with Crippen molar-refractivity contribution >= 4 is 5.57 Å². The van der Waals surface area contributed by atoms with Crippen molar-refractivity contribution in [2.75, 3.05) is 0 Å². The van der Waals surface area contributed by atoms with Gasteiger partial charge in [-0.15, -0.1) is 0 Å². The van der Waals surface area contributed by atoms with Crippen molar-refractivity contribution in [3.63, 3.8) is 0 Å². The summed E-state index contributed by atoms with van der Waals surface area (Å²) in [5, 5.41) is 0. The molecule has 0 N–H and O–H groups in total. The lowest BCUT2D eigenvalue weighted by Crippen LogP contribution is -1.89. The summed E-state index contributed by atoms with van der Waals surface area (Å²) in [5.41, 5.74) is 5.85. The highest BCUT2D eigenvalue weighted by molar-refractivity contribution is 5.78. The van der Waals surface area contributed by atoms with E-state index in [9.17, 15) is 0 Å². The van der Waals surface area contributed by atoms with Crippen molar-refractivity contribution in [3.8, 4) is 11.5 Å². The molecule has 3 rings (SSSR count). The summed E-state index contributed by atoms with van der Waals surface area (Å²) >= 11 is 0. The summed E-state index contributed by atoms with van der Waals surface area (Å²) in [6, 6.07) is 24.7. The molecule has 0 heterocycles. The summed E-state index contributed by atoms with van der Waals surface area (Å²) in [5.74, 6) is 1.68. The van der Waals surface area contributed by atoms with Crippen LogP contribution in [0, 0.1) is 6.92 Å². The average molecular weight is 314 g/mol. The maximum Gasteiger partial charge on any atom is 0.127 e. The van der Waals surface area contributed by atoms with Crippen molar-refractivity contribution in [2.24, 2.45) is 0 Å². The standard InChI is InChI=1S/C23H22O/c1-4-19-7-9-20(10-8-19)18(3)21-11-15-23(16-12-21)24-22-13-5-17(2)6-14-22/h5-16H,3-4H2,1-2H3. The topological polar surface area (TPSA) is 9.23 Å². The van der Waals surface area contributed by atoms with E-state index in [2.05, 4.69) is 56.8 Å². The molecule has 0 aliphatic heterocycles. The first-order valence-electron chi connectivity index (χ1n) is 8.29. The minimum Gasteiger partial charge on any atom is -0.457 e. The zero-order valence-electron chi connectivity index (χ0n) is 14.3. The lowest BCUT2D eigenvalue weighted by Gasteiger charge is -2.10. The largest absolute Gasteiger partial charge is 0.457 e. The first kappa shape index (κ1) is 16.1. The zero-order chi connectivity index (χ0) is 16.9. The molecule has 0 spiro atoms. The monoisotopic (exact) mass is 314 g/mol. The van der Waals surface area contributed by atoms with Gasteiger partial charge in [-0.1, -0.05) is 67.6 Å². The summed E-state index contributed by atoms with van der Waals surface area (Å²) in [6.07, 6.45) is 1.05. The first-order chi connectivity index (χ1) is 11.7. The van der Waals surface area contributed by atoms with Gasteiger partial charge < -0.3 is 4.74 Å². The number of hydrogen-bond acceptors (Lipinski definition) is 1. The van der Waals surface area contributed by atoms with Gasteiger partial charge in [0, 0.05) is 0 Å². The molecule has 120 valence electrons. The molecule has 1 heteroatoms. The molecule has 0 aliphatic carbocycles. The lowest BCUT2D eigenvalue weighted by atomic mass is 9.98. The Morgan fingerprint density at radius 1 is 0.750 bits per heavy atom. The molecule has 0 atom stereocenters. The molecule has 0 fully saturated rings. The smallest absolute Gasteiger partial charge is 0.127 e. The van der Waals surface area contributed by atoms with Gasteiger partial charge in [-0.3, -0.25) is 0 Å². The van der Waals surface area contributed by atoms with Gasteiger partial charge >= 0.3 is 0 Å². The van der Waals surface area contributed by atoms with Crippen LogP contribution in [-0.2, 0) is 6.42 Å². The summed E-state index contributed by atoms with van der Waals surface area (Å²) in [4.78, 5) is 0. The van der Waals surface area contributed by atoms with Crippen molar-refractivity contribution < 1.29 is 4.74 Å². The van der Waals surface area contributed by atoms with Gasteiger partial charge in [0.1, 0.15) is 11.5 Å². The van der Waals surface area contributed by atoms with Crippen LogP contribution in [0.3, 0.4) is 0 Å². The highest BCUT2D eigenvalue weighted by Crippen LogP contribution is 2.26. The Bertz CT molecular complexity index is 809. The van der Waals surface area contributed by atoms with E-state index in [4.69, 9.17) is 4.74 Å². The molecule has 0 saturated heterocycles. The van der Waals surface area contributed by atoms with Gasteiger partial charge in [0.25, 0.3) is 0 Å². The Labute approximate surface area is 144 Å².